The van der Waals surface area contributed by atoms with E-state index in [0.29, 0.717) is 18.1 Å². The predicted molar refractivity (Wildman–Crippen MR) is 64.9 cm³/mol. The van der Waals surface area contributed by atoms with Crippen molar-refractivity contribution in [2.45, 2.75) is 13.0 Å². The molecule has 0 spiro atoms. The summed E-state index contributed by atoms with van der Waals surface area (Å²) in [7, 11) is 0. The molecular weight excluding hydrogens is 250 g/mol. The summed E-state index contributed by atoms with van der Waals surface area (Å²) < 4.78 is 7.00. The van der Waals surface area contributed by atoms with Crippen molar-refractivity contribution in [1.82, 2.24) is 19.6 Å². The number of aryl methyl sites for hydroxylation is 1. The Bertz CT molecular complexity index is 626. The van der Waals surface area contributed by atoms with Crippen LogP contribution in [0.5, 0.6) is 0 Å². The van der Waals surface area contributed by atoms with Crippen LogP contribution in [0.15, 0.2) is 12.4 Å². The third kappa shape index (κ3) is 1.99. The first-order chi connectivity index (χ1) is 9.16. The maximum Gasteiger partial charge on any atom is 0.311 e. The SMILES string of the molecule is Cc1nnc2c(NC3COCC3C(=O)O)nccn12. The Balaban J connectivity index is 1.91. The molecule has 19 heavy (non-hydrogen) atoms. The fourth-order valence-electron chi connectivity index (χ4n) is 2.16. The first-order valence-electron chi connectivity index (χ1n) is 5.90. The number of ether oxygens (including phenoxy) is 1. The maximum atomic E-state index is 11.1. The van der Waals surface area contributed by atoms with Crippen LogP contribution in [0.1, 0.15) is 5.82 Å². The number of nitrogens with zero attached hydrogens (tertiary/aromatic N) is 4. The van der Waals surface area contributed by atoms with Gasteiger partial charge in [-0.3, -0.25) is 9.20 Å². The number of carboxylic acids is 1. The number of nitrogens with one attached hydrogen (secondary N) is 1. The summed E-state index contributed by atoms with van der Waals surface area (Å²) in [6.07, 6.45) is 3.38. The van der Waals surface area contributed by atoms with Crippen LogP contribution < -0.4 is 5.32 Å². The molecule has 0 aromatic carbocycles. The summed E-state index contributed by atoms with van der Waals surface area (Å²) in [4.78, 5) is 15.3. The minimum absolute atomic E-state index is 0.210. The van der Waals surface area contributed by atoms with Gasteiger partial charge >= 0.3 is 5.97 Å². The highest BCUT2D eigenvalue weighted by Crippen LogP contribution is 2.20. The first-order valence-corrected chi connectivity index (χ1v) is 5.90. The summed E-state index contributed by atoms with van der Waals surface area (Å²) >= 11 is 0. The molecule has 0 aliphatic carbocycles. The van der Waals surface area contributed by atoms with Crippen LogP contribution in [-0.2, 0) is 9.53 Å². The third-order valence-corrected chi connectivity index (χ3v) is 3.22. The molecule has 2 atom stereocenters. The molecule has 1 fully saturated rings. The molecule has 2 aromatic heterocycles. The van der Waals surface area contributed by atoms with E-state index in [2.05, 4.69) is 20.5 Å². The van der Waals surface area contributed by atoms with Gasteiger partial charge in [-0.1, -0.05) is 0 Å². The Kier molecular flexibility index (Phi) is 2.79. The van der Waals surface area contributed by atoms with Crippen LogP contribution in [-0.4, -0.2) is 49.9 Å². The molecule has 2 N–H and O–H groups in total. The second-order valence-corrected chi connectivity index (χ2v) is 4.45. The second-order valence-electron chi connectivity index (χ2n) is 4.45. The highest BCUT2D eigenvalue weighted by molar-refractivity contribution is 5.73. The van der Waals surface area contributed by atoms with Crippen LogP contribution >= 0.6 is 0 Å². The van der Waals surface area contributed by atoms with E-state index >= 15 is 0 Å². The van der Waals surface area contributed by atoms with E-state index in [0.717, 1.165) is 5.82 Å². The molecule has 8 heteroatoms. The molecule has 1 aliphatic rings. The maximum absolute atomic E-state index is 11.1. The van der Waals surface area contributed by atoms with Gasteiger partial charge in [0.15, 0.2) is 5.82 Å². The third-order valence-electron chi connectivity index (χ3n) is 3.22. The van der Waals surface area contributed by atoms with E-state index in [1.165, 1.54) is 0 Å². The smallest absolute Gasteiger partial charge is 0.311 e. The van der Waals surface area contributed by atoms with Crippen molar-refractivity contribution in [3.05, 3.63) is 18.2 Å². The normalized spacial score (nSPS) is 22.8. The largest absolute Gasteiger partial charge is 0.481 e. The van der Waals surface area contributed by atoms with Crippen LogP contribution in [0.4, 0.5) is 5.82 Å². The number of carboxylic acid groups (broad SMARTS) is 1. The van der Waals surface area contributed by atoms with Crippen molar-refractivity contribution in [2.24, 2.45) is 5.92 Å². The minimum atomic E-state index is -0.875. The van der Waals surface area contributed by atoms with Crippen LogP contribution in [0.3, 0.4) is 0 Å². The average molecular weight is 263 g/mol. The van der Waals surface area contributed by atoms with Gasteiger partial charge in [0.05, 0.1) is 19.3 Å². The number of rotatable bonds is 3. The average Bonchev–Trinajstić information content (AvgIpc) is 2.98. The topological polar surface area (TPSA) is 102 Å². The van der Waals surface area contributed by atoms with Gasteiger partial charge in [0.25, 0.3) is 0 Å². The fraction of sp³-hybridized carbons (Fsp3) is 0.455. The standard InChI is InChI=1S/C11H13N5O3/c1-6-14-15-10-9(12-2-3-16(6)10)13-8-5-19-4-7(8)11(17)18/h2-3,7-8H,4-5H2,1H3,(H,12,13)(H,17,18). The molecular formula is C11H13N5O3. The van der Waals surface area contributed by atoms with Gasteiger partial charge in [0, 0.05) is 12.4 Å². The Morgan fingerprint density at radius 2 is 2.37 bits per heavy atom. The molecule has 100 valence electrons. The van der Waals surface area contributed by atoms with Gasteiger partial charge in [-0.15, -0.1) is 10.2 Å². The molecule has 1 saturated heterocycles. The van der Waals surface area contributed by atoms with E-state index < -0.39 is 11.9 Å². The van der Waals surface area contributed by atoms with Crippen molar-refractivity contribution in [2.75, 3.05) is 18.5 Å². The van der Waals surface area contributed by atoms with Crippen molar-refractivity contribution < 1.29 is 14.6 Å². The Morgan fingerprint density at radius 1 is 1.53 bits per heavy atom. The number of fused-ring (bicyclic) bond motifs is 1. The van der Waals surface area contributed by atoms with Crippen molar-refractivity contribution in [1.29, 1.82) is 0 Å². The van der Waals surface area contributed by atoms with Gasteiger partial charge in [0.1, 0.15) is 11.7 Å². The summed E-state index contributed by atoms with van der Waals surface area (Å²) in [5.74, 6) is -0.187. The van der Waals surface area contributed by atoms with Gasteiger partial charge in [0.2, 0.25) is 5.65 Å². The van der Waals surface area contributed by atoms with Crippen LogP contribution in [0.2, 0.25) is 0 Å². The Hall–Kier alpha value is -2.22. The van der Waals surface area contributed by atoms with E-state index in [9.17, 15) is 4.79 Å². The zero-order valence-corrected chi connectivity index (χ0v) is 10.3. The van der Waals surface area contributed by atoms with Gasteiger partial charge < -0.3 is 15.2 Å². The molecule has 3 rings (SSSR count). The molecule has 8 nitrogen and oxygen atoms in total. The quantitative estimate of drug-likeness (QED) is 0.800. The van der Waals surface area contributed by atoms with E-state index in [1.807, 2.05) is 6.92 Å². The van der Waals surface area contributed by atoms with Gasteiger partial charge in [-0.05, 0) is 6.92 Å². The number of aromatic nitrogens is 4. The predicted octanol–water partition coefficient (Wildman–Crippen LogP) is -0.0558. The lowest BCUT2D eigenvalue weighted by atomic mass is 10.0. The lowest BCUT2D eigenvalue weighted by Gasteiger charge is -2.16. The molecule has 1 aliphatic heterocycles. The Labute approximate surface area is 108 Å². The van der Waals surface area contributed by atoms with Crippen molar-refractivity contribution >= 4 is 17.4 Å². The first kappa shape index (κ1) is 11.8. The molecule has 0 radical (unpaired) electrons. The molecule has 3 heterocycles. The van der Waals surface area contributed by atoms with Crippen LogP contribution in [0, 0.1) is 12.8 Å². The molecule has 2 aromatic rings. The fourth-order valence-corrected chi connectivity index (χ4v) is 2.16. The highest BCUT2D eigenvalue weighted by atomic mass is 16.5. The lowest BCUT2D eigenvalue weighted by Crippen LogP contribution is -2.33. The van der Waals surface area contributed by atoms with Gasteiger partial charge in [-0.25, -0.2) is 4.98 Å². The minimum Gasteiger partial charge on any atom is -0.481 e. The lowest BCUT2D eigenvalue weighted by molar-refractivity contribution is -0.141. The zero-order valence-electron chi connectivity index (χ0n) is 10.3. The zero-order chi connectivity index (χ0) is 13.4. The second kappa shape index (κ2) is 4.47. The number of carbonyl (C=O) groups is 1. The molecule has 0 bridgehead atoms. The summed E-state index contributed by atoms with van der Waals surface area (Å²) in [5.41, 5.74) is 0.580. The number of anilines is 1. The van der Waals surface area contributed by atoms with Crippen molar-refractivity contribution in [3.63, 3.8) is 0 Å². The summed E-state index contributed by atoms with van der Waals surface area (Å²) in [6, 6.07) is -0.312. The Morgan fingerprint density at radius 3 is 3.16 bits per heavy atom. The number of hydrogen-bond acceptors (Lipinski definition) is 6. The molecule has 2 unspecified atom stereocenters. The highest BCUT2D eigenvalue weighted by Gasteiger charge is 2.34. The molecule has 0 amide bonds. The van der Waals surface area contributed by atoms with Gasteiger partial charge in [-0.2, -0.15) is 0 Å². The van der Waals surface area contributed by atoms with Crippen molar-refractivity contribution in [3.8, 4) is 0 Å². The van der Waals surface area contributed by atoms with E-state index in [-0.39, 0.29) is 12.6 Å². The molecule has 0 saturated carbocycles. The van der Waals surface area contributed by atoms with E-state index in [1.54, 1.807) is 16.8 Å². The number of aliphatic carboxylic acids is 1. The number of hydrogen-bond donors (Lipinski definition) is 2. The van der Waals surface area contributed by atoms with Crippen LogP contribution in [0.25, 0.3) is 5.65 Å². The monoisotopic (exact) mass is 263 g/mol. The summed E-state index contributed by atoms with van der Waals surface area (Å²) in [6.45, 7) is 2.39. The van der Waals surface area contributed by atoms with E-state index in [4.69, 9.17) is 9.84 Å². The summed E-state index contributed by atoms with van der Waals surface area (Å²) in [5, 5.41) is 20.2.